The molecule has 0 fully saturated rings. The monoisotopic (exact) mass is 301 g/mol. The second kappa shape index (κ2) is 5.51. The lowest BCUT2D eigenvalue weighted by Crippen LogP contribution is -2.33. The van der Waals surface area contributed by atoms with E-state index in [1.165, 1.54) is 11.0 Å². The lowest BCUT2D eigenvalue weighted by Gasteiger charge is -2.18. The van der Waals surface area contributed by atoms with Crippen LogP contribution in [-0.2, 0) is 6.54 Å². The number of aromatic nitrogens is 1. The maximum Gasteiger partial charge on any atom is 0.407 e. The average molecular weight is 301 g/mol. The van der Waals surface area contributed by atoms with Gasteiger partial charge in [-0.2, -0.15) is 0 Å². The number of carbonyl (C=O) groups is 1. The number of fused-ring (bicyclic) bond motifs is 3. The first-order valence-corrected chi connectivity index (χ1v) is 6.94. The Bertz CT molecular complexity index is 765. The van der Waals surface area contributed by atoms with Gasteiger partial charge in [-0.25, -0.2) is 4.79 Å². The number of hydrogen-bond acceptors (Lipinski definition) is 3. The SMILES string of the molecule is O=C(O)N1CCn2c(cc3ccccc32)C(/C=C/[N+](=O)[O-])C1. The van der Waals surface area contributed by atoms with Gasteiger partial charge in [0.05, 0.1) is 4.92 Å². The van der Waals surface area contributed by atoms with E-state index in [1.807, 2.05) is 34.9 Å². The number of rotatable bonds is 2. The fourth-order valence-electron chi connectivity index (χ4n) is 2.94. The van der Waals surface area contributed by atoms with E-state index in [0.29, 0.717) is 13.1 Å². The van der Waals surface area contributed by atoms with Gasteiger partial charge in [-0.1, -0.05) is 18.2 Å². The molecule has 0 radical (unpaired) electrons. The van der Waals surface area contributed by atoms with Crippen molar-refractivity contribution >= 4 is 17.0 Å². The van der Waals surface area contributed by atoms with Crippen molar-refractivity contribution in [3.8, 4) is 0 Å². The van der Waals surface area contributed by atoms with Crippen LogP contribution in [0.25, 0.3) is 10.9 Å². The van der Waals surface area contributed by atoms with E-state index in [2.05, 4.69) is 0 Å². The normalized spacial score (nSPS) is 18.4. The van der Waals surface area contributed by atoms with Crippen molar-refractivity contribution in [2.45, 2.75) is 12.5 Å². The van der Waals surface area contributed by atoms with Crippen LogP contribution < -0.4 is 0 Å². The van der Waals surface area contributed by atoms with Crippen molar-refractivity contribution in [3.63, 3.8) is 0 Å². The van der Waals surface area contributed by atoms with Gasteiger partial charge >= 0.3 is 6.09 Å². The molecule has 1 aromatic carbocycles. The molecule has 0 saturated heterocycles. The molecule has 1 aliphatic heterocycles. The number of benzene rings is 1. The van der Waals surface area contributed by atoms with E-state index in [4.69, 9.17) is 0 Å². The summed E-state index contributed by atoms with van der Waals surface area (Å²) in [5.74, 6) is -0.337. The van der Waals surface area contributed by atoms with E-state index in [9.17, 15) is 20.0 Å². The van der Waals surface area contributed by atoms with Gasteiger partial charge in [0.15, 0.2) is 0 Å². The van der Waals surface area contributed by atoms with Crippen LogP contribution in [0.1, 0.15) is 11.6 Å². The molecule has 2 heterocycles. The first-order chi connectivity index (χ1) is 10.6. The van der Waals surface area contributed by atoms with Crippen LogP contribution in [0.5, 0.6) is 0 Å². The topological polar surface area (TPSA) is 88.6 Å². The Kier molecular flexibility index (Phi) is 3.54. The summed E-state index contributed by atoms with van der Waals surface area (Å²) >= 11 is 0. The van der Waals surface area contributed by atoms with Crippen molar-refractivity contribution < 1.29 is 14.8 Å². The van der Waals surface area contributed by atoms with Crippen LogP contribution >= 0.6 is 0 Å². The quantitative estimate of drug-likeness (QED) is 0.682. The Balaban J connectivity index is 2.08. The number of carboxylic acid groups (broad SMARTS) is 1. The van der Waals surface area contributed by atoms with Crippen molar-refractivity contribution in [2.75, 3.05) is 13.1 Å². The number of amides is 1. The molecular weight excluding hydrogens is 286 g/mol. The highest BCUT2D eigenvalue weighted by atomic mass is 16.6. The van der Waals surface area contributed by atoms with Crippen LogP contribution in [0.2, 0.25) is 0 Å². The molecule has 1 atom stereocenters. The molecule has 2 aromatic rings. The molecule has 1 aromatic heterocycles. The Morgan fingerprint density at radius 3 is 2.86 bits per heavy atom. The van der Waals surface area contributed by atoms with Gasteiger partial charge in [0, 0.05) is 36.8 Å². The van der Waals surface area contributed by atoms with E-state index in [0.717, 1.165) is 22.8 Å². The van der Waals surface area contributed by atoms with Crippen LogP contribution in [0.3, 0.4) is 0 Å². The zero-order valence-corrected chi connectivity index (χ0v) is 11.8. The maximum atomic E-state index is 11.3. The zero-order chi connectivity index (χ0) is 15.7. The van der Waals surface area contributed by atoms with E-state index in [-0.39, 0.29) is 12.5 Å². The molecule has 0 spiro atoms. The first kappa shape index (κ1) is 14.1. The molecule has 22 heavy (non-hydrogen) atoms. The molecule has 114 valence electrons. The van der Waals surface area contributed by atoms with Crippen LogP contribution in [-0.4, -0.2) is 38.7 Å². The molecule has 0 aliphatic carbocycles. The predicted octanol–water partition coefficient (Wildman–Crippen LogP) is 2.51. The fourth-order valence-corrected chi connectivity index (χ4v) is 2.94. The van der Waals surface area contributed by atoms with Crippen LogP contribution in [0.4, 0.5) is 4.79 Å². The fraction of sp³-hybridized carbons (Fsp3) is 0.267. The molecule has 0 saturated carbocycles. The van der Waals surface area contributed by atoms with Gasteiger partial charge in [0.25, 0.3) is 0 Å². The molecule has 0 bridgehead atoms. The standard InChI is InChI=1S/C15H15N3O4/c19-15(20)16-7-8-17-13-4-2-1-3-11(13)9-14(17)12(10-16)5-6-18(21)22/h1-6,9,12H,7-8,10H2,(H,19,20)/b6-5+. The maximum absolute atomic E-state index is 11.3. The van der Waals surface area contributed by atoms with Crippen molar-refractivity contribution in [3.05, 3.63) is 58.4 Å². The van der Waals surface area contributed by atoms with Gasteiger partial charge < -0.3 is 14.6 Å². The lowest BCUT2D eigenvalue weighted by molar-refractivity contribution is -0.402. The van der Waals surface area contributed by atoms with E-state index >= 15 is 0 Å². The highest BCUT2D eigenvalue weighted by Gasteiger charge is 2.26. The zero-order valence-electron chi connectivity index (χ0n) is 11.8. The number of nitro groups is 1. The minimum absolute atomic E-state index is 0.218. The third kappa shape index (κ3) is 2.52. The molecule has 3 rings (SSSR count). The molecule has 7 nitrogen and oxygen atoms in total. The van der Waals surface area contributed by atoms with Gasteiger partial charge in [0.1, 0.15) is 0 Å². The Labute approximate surface area is 126 Å². The lowest BCUT2D eigenvalue weighted by atomic mass is 10.0. The molecular formula is C15H15N3O4. The molecule has 1 N–H and O–H groups in total. The summed E-state index contributed by atoms with van der Waals surface area (Å²) in [6.45, 7) is 1.12. The van der Waals surface area contributed by atoms with Gasteiger partial charge in [-0.3, -0.25) is 10.1 Å². The largest absolute Gasteiger partial charge is 0.465 e. The Hall–Kier alpha value is -2.83. The Morgan fingerprint density at radius 1 is 1.36 bits per heavy atom. The molecule has 1 aliphatic rings. The van der Waals surface area contributed by atoms with Crippen LogP contribution in [0, 0.1) is 10.1 Å². The molecule has 1 amide bonds. The van der Waals surface area contributed by atoms with E-state index in [1.54, 1.807) is 0 Å². The minimum atomic E-state index is -1.01. The summed E-state index contributed by atoms with van der Waals surface area (Å²) in [6, 6.07) is 9.81. The molecule has 7 heteroatoms. The second-order valence-corrected chi connectivity index (χ2v) is 5.24. The summed E-state index contributed by atoms with van der Waals surface area (Å²) < 4.78 is 2.05. The number of hydrogen-bond donors (Lipinski definition) is 1. The summed E-state index contributed by atoms with van der Waals surface area (Å²) in [6.07, 6.45) is 1.35. The van der Waals surface area contributed by atoms with Gasteiger partial charge in [-0.05, 0) is 23.6 Å². The first-order valence-electron chi connectivity index (χ1n) is 6.94. The third-order valence-electron chi connectivity index (χ3n) is 3.94. The van der Waals surface area contributed by atoms with Crippen molar-refractivity contribution in [2.24, 2.45) is 0 Å². The summed E-state index contributed by atoms with van der Waals surface area (Å²) in [4.78, 5) is 22.7. The number of nitrogens with zero attached hydrogens (tertiary/aromatic N) is 3. The highest BCUT2D eigenvalue weighted by molar-refractivity contribution is 5.81. The smallest absolute Gasteiger partial charge is 0.407 e. The summed E-state index contributed by atoms with van der Waals surface area (Å²) in [5.41, 5.74) is 1.92. The minimum Gasteiger partial charge on any atom is -0.465 e. The summed E-state index contributed by atoms with van der Waals surface area (Å²) in [5, 5.41) is 20.9. The summed E-state index contributed by atoms with van der Waals surface area (Å²) in [7, 11) is 0. The predicted molar refractivity (Wildman–Crippen MR) is 80.4 cm³/mol. The van der Waals surface area contributed by atoms with Gasteiger partial charge in [-0.15, -0.1) is 0 Å². The average Bonchev–Trinajstić information content (AvgIpc) is 2.74. The van der Waals surface area contributed by atoms with E-state index < -0.39 is 11.0 Å². The third-order valence-corrected chi connectivity index (χ3v) is 3.94. The number of para-hydroxylation sites is 1. The highest BCUT2D eigenvalue weighted by Crippen LogP contribution is 2.29. The van der Waals surface area contributed by atoms with Gasteiger partial charge in [0.2, 0.25) is 6.20 Å². The van der Waals surface area contributed by atoms with Crippen LogP contribution in [0.15, 0.2) is 42.6 Å². The Morgan fingerprint density at radius 2 is 2.14 bits per heavy atom. The van der Waals surface area contributed by atoms with Crippen molar-refractivity contribution in [1.29, 1.82) is 0 Å². The van der Waals surface area contributed by atoms with Crippen molar-refractivity contribution in [1.82, 2.24) is 9.47 Å². The second-order valence-electron chi connectivity index (χ2n) is 5.24. The molecule has 1 unspecified atom stereocenters.